The van der Waals surface area contributed by atoms with E-state index in [9.17, 15) is 0 Å². The standard InChI is InChI=1S/C7H9NS2/c1-5-8-6-2-3-9-4-7(6)10-5/h2-4H2,1H3. The summed E-state index contributed by atoms with van der Waals surface area (Å²) in [5.41, 5.74) is 1.36. The average Bonchev–Trinajstić information content (AvgIpc) is 2.27. The van der Waals surface area contributed by atoms with Gasteiger partial charge in [-0.3, -0.25) is 0 Å². The van der Waals surface area contributed by atoms with E-state index < -0.39 is 0 Å². The Kier molecular flexibility index (Phi) is 1.70. The van der Waals surface area contributed by atoms with E-state index in [1.807, 2.05) is 23.1 Å². The molecule has 1 aromatic rings. The molecule has 2 heterocycles. The van der Waals surface area contributed by atoms with Gasteiger partial charge < -0.3 is 0 Å². The number of fused-ring (bicyclic) bond motifs is 1. The van der Waals surface area contributed by atoms with E-state index in [0.29, 0.717) is 0 Å². The van der Waals surface area contributed by atoms with Gasteiger partial charge in [0.2, 0.25) is 0 Å². The molecule has 0 radical (unpaired) electrons. The van der Waals surface area contributed by atoms with Crippen molar-refractivity contribution in [3.8, 4) is 0 Å². The Labute approximate surface area is 68.9 Å². The molecule has 0 spiro atoms. The summed E-state index contributed by atoms with van der Waals surface area (Å²) in [6, 6.07) is 0. The van der Waals surface area contributed by atoms with Gasteiger partial charge in [0, 0.05) is 10.6 Å². The van der Waals surface area contributed by atoms with Crippen molar-refractivity contribution in [2.45, 2.75) is 19.1 Å². The molecule has 0 aromatic carbocycles. The summed E-state index contributed by atoms with van der Waals surface area (Å²) in [5, 5.41) is 1.23. The van der Waals surface area contributed by atoms with Crippen LogP contribution in [0, 0.1) is 6.92 Å². The highest BCUT2D eigenvalue weighted by Gasteiger charge is 2.12. The highest BCUT2D eigenvalue weighted by atomic mass is 32.2. The minimum atomic E-state index is 1.18. The number of hydrogen-bond donors (Lipinski definition) is 0. The van der Waals surface area contributed by atoms with E-state index >= 15 is 0 Å². The van der Waals surface area contributed by atoms with Gasteiger partial charge in [-0.1, -0.05) is 0 Å². The Morgan fingerprint density at radius 2 is 2.40 bits per heavy atom. The van der Waals surface area contributed by atoms with Crippen LogP contribution in [0.3, 0.4) is 0 Å². The number of thioether (sulfide) groups is 1. The first-order valence-electron chi connectivity index (χ1n) is 3.39. The van der Waals surface area contributed by atoms with Gasteiger partial charge in [-0.05, 0) is 19.1 Å². The molecule has 1 aliphatic rings. The Morgan fingerprint density at radius 1 is 1.50 bits per heavy atom. The van der Waals surface area contributed by atoms with E-state index in [4.69, 9.17) is 0 Å². The largest absolute Gasteiger partial charge is 0.246 e. The Morgan fingerprint density at radius 3 is 3.20 bits per heavy atom. The topological polar surface area (TPSA) is 12.9 Å². The number of aromatic nitrogens is 1. The molecule has 3 heteroatoms. The Hall–Kier alpha value is -0.0200. The van der Waals surface area contributed by atoms with E-state index in [-0.39, 0.29) is 0 Å². The second kappa shape index (κ2) is 2.55. The normalized spacial score (nSPS) is 16.9. The van der Waals surface area contributed by atoms with Crippen LogP contribution in [0.1, 0.15) is 15.6 Å². The number of rotatable bonds is 0. The quantitative estimate of drug-likeness (QED) is 0.594. The SMILES string of the molecule is Cc1nc2c(s1)CSCC2. The summed E-state index contributed by atoms with van der Waals surface area (Å²) in [5.74, 6) is 2.46. The molecule has 10 heavy (non-hydrogen) atoms. The number of nitrogens with zero attached hydrogens (tertiary/aromatic N) is 1. The van der Waals surface area contributed by atoms with Crippen LogP contribution in [-0.4, -0.2) is 10.7 Å². The smallest absolute Gasteiger partial charge is 0.0900 e. The Bertz CT molecular complexity index is 218. The predicted molar refractivity (Wildman–Crippen MR) is 46.7 cm³/mol. The molecule has 1 aliphatic heterocycles. The third kappa shape index (κ3) is 1.08. The molecule has 54 valence electrons. The van der Waals surface area contributed by atoms with Crippen molar-refractivity contribution in [2.24, 2.45) is 0 Å². The highest BCUT2D eigenvalue weighted by molar-refractivity contribution is 7.98. The number of hydrogen-bond acceptors (Lipinski definition) is 3. The molecule has 0 unspecified atom stereocenters. The lowest BCUT2D eigenvalue weighted by Gasteiger charge is -2.06. The zero-order valence-electron chi connectivity index (χ0n) is 5.89. The summed E-state index contributed by atoms with van der Waals surface area (Å²) in [7, 11) is 0. The zero-order valence-corrected chi connectivity index (χ0v) is 7.52. The molecule has 0 bridgehead atoms. The van der Waals surface area contributed by atoms with Crippen LogP contribution in [0.5, 0.6) is 0 Å². The molecule has 1 aromatic heterocycles. The third-order valence-electron chi connectivity index (χ3n) is 1.60. The molecule has 0 saturated heterocycles. The summed E-state index contributed by atoms with van der Waals surface area (Å²) in [4.78, 5) is 5.96. The van der Waals surface area contributed by atoms with E-state index in [0.717, 1.165) is 0 Å². The molecule has 0 aliphatic carbocycles. The van der Waals surface area contributed by atoms with Gasteiger partial charge in [-0.15, -0.1) is 11.3 Å². The van der Waals surface area contributed by atoms with E-state index in [1.54, 1.807) is 0 Å². The molecule has 1 nitrogen and oxygen atoms in total. The van der Waals surface area contributed by atoms with Crippen molar-refractivity contribution >= 4 is 23.1 Å². The fourth-order valence-corrected chi connectivity index (χ4v) is 3.25. The zero-order chi connectivity index (χ0) is 6.97. The van der Waals surface area contributed by atoms with Crippen LogP contribution in [0.25, 0.3) is 0 Å². The molecule has 0 atom stereocenters. The highest BCUT2D eigenvalue weighted by Crippen LogP contribution is 2.28. The van der Waals surface area contributed by atoms with Crippen molar-refractivity contribution in [2.75, 3.05) is 5.75 Å². The van der Waals surface area contributed by atoms with Crippen LogP contribution in [0.4, 0.5) is 0 Å². The van der Waals surface area contributed by atoms with Gasteiger partial charge in [0.15, 0.2) is 0 Å². The van der Waals surface area contributed by atoms with Crippen molar-refractivity contribution < 1.29 is 0 Å². The van der Waals surface area contributed by atoms with Crippen LogP contribution < -0.4 is 0 Å². The molecule has 2 rings (SSSR count). The van der Waals surface area contributed by atoms with Crippen LogP contribution >= 0.6 is 23.1 Å². The molecular weight excluding hydrogens is 162 g/mol. The van der Waals surface area contributed by atoms with Gasteiger partial charge in [0.1, 0.15) is 0 Å². The maximum absolute atomic E-state index is 4.46. The fourth-order valence-electron chi connectivity index (χ4n) is 1.15. The summed E-state index contributed by atoms with van der Waals surface area (Å²) >= 11 is 3.88. The van der Waals surface area contributed by atoms with Gasteiger partial charge >= 0.3 is 0 Å². The molecular formula is C7H9NS2. The predicted octanol–water partition coefficient (Wildman–Crippen LogP) is 2.24. The maximum Gasteiger partial charge on any atom is 0.0900 e. The maximum atomic E-state index is 4.46. The van der Waals surface area contributed by atoms with Crippen molar-refractivity contribution in [3.05, 3.63) is 15.6 Å². The first-order valence-corrected chi connectivity index (χ1v) is 5.36. The lowest BCUT2D eigenvalue weighted by molar-refractivity contribution is 1.02. The van der Waals surface area contributed by atoms with Gasteiger partial charge in [0.05, 0.1) is 10.7 Å². The minimum Gasteiger partial charge on any atom is -0.246 e. The van der Waals surface area contributed by atoms with Crippen molar-refractivity contribution in [1.29, 1.82) is 0 Å². The number of aryl methyl sites for hydroxylation is 2. The average molecular weight is 171 g/mol. The van der Waals surface area contributed by atoms with Gasteiger partial charge in [-0.2, -0.15) is 11.8 Å². The van der Waals surface area contributed by atoms with Crippen LogP contribution in [-0.2, 0) is 12.2 Å². The molecule has 0 fully saturated rings. The lowest BCUT2D eigenvalue weighted by Crippen LogP contribution is -1.98. The van der Waals surface area contributed by atoms with Crippen LogP contribution in [0.15, 0.2) is 0 Å². The summed E-state index contributed by atoms with van der Waals surface area (Å²) < 4.78 is 0. The van der Waals surface area contributed by atoms with Crippen LogP contribution in [0.2, 0.25) is 0 Å². The van der Waals surface area contributed by atoms with E-state index in [1.165, 1.54) is 33.5 Å². The summed E-state index contributed by atoms with van der Waals surface area (Å²) in [6.45, 7) is 2.09. The number of thiazole rings is 1. The minimum absolute atomic E-state index is 1.18. The van der Waals surface area contributed by atoms with Gasteiger partial charge in [-0.25, -0.2) is 4.98 Å². The Balaban J connectivity index is 2.41. The lowest BCUT2D eigenvalue weighted by atomic mass is 10.3. The summed E-state index contributed by atoms with van der Waals surface area (Å²) in [6.07, 6.45) is 1.18. The third-order valence-corrected chi connectivity index (χ3v) is 3.78. The second-order valence-electron chi connectivity index (χ2n) is 2.41. The van der Waals surface area contributed by atoms with Gasteiger partial charge in [0.25, 0.3) is 0 Å². The monoisotopic (exact) mass is 171 g/mol. The first-order chi connectivity index (χ1) is 4.86. The van der Waals surface area contributed by atoms with E-state index in [2.05, 4.69) is 11.9 Å². The second-order valence-corrected chi connectivity index (χ2v) is 4.80. The first kappa shape index (κ1) is 6.68. The fraction of sp³-hybridized carbons (Fsp3) is 0.571. The van der Waals surface area contributed by atoms with Crippen molar-refractivity contribution in [3.63, 3.8) is 0 Å². The molecule has 0 saturated carbocycles. The molecule has 0 N–H and O–H groups in total. The molecule has 0 amide bonds. The van der Waals surface area contributed by atoms with Crippen molar-refractivity contribution in [1.82, 2.24) is 4.98 Å².